The van der Waals surface area contributed by atoms with E-state index in [2.05, 4.69) is 21.7 Å². The maximum atomic E-state index is 12.4. The van der Waals surface area contributed by atoms with Gasteiger partial charge in [-0.15, -0.1) is 0 Å². The number of nitrogens with zero attached hydrogens (tertiary/aromatic N) is 2. The molecule has 5 rings (SSSR count). The molecule has 0 radical (unpaired) electrons. The number of imidazole rings is 1. The largest absolute Gasteiger partial charge is 0.392 e. The molecule has 3 N–H and O–H groups in total. The fourth-order valence-corrected chi connectivity index (χ4v) is 5.87. The molecule has 1 saturated heterocycles. The summed E-state index contributed by atoms with van der Waals surface area (Å²) in [5.41, 5.74) is 5.80. The molecule has 1 aromatic heterocycles. The number of rotatable bonds is 14. The molecule has 2 amide bonds. The number of aromatic nitrogens is 2. The Kier molecular flexibility index (Phi) is 12.4. The van der Waals surface area contributed by atoms with Gasteiger partial charge in [-0.05, 0) is 46.7 Å². The van der Waals surface area contributed by atoms with E-state index in [9.17, 15) is 14.7 Å². The first-order valence-corrected chi connectivity index (χ1v) is 16.6. The number of carbonyl (C=O) groups excluding carboxylic acids is 2. The summed E-state index contributed by atoms with van der Waals surface area (Å²) in [4.78, 5) is 27.4. The van der Waals surface area contributed by atoms with Gasteiger partial charge in [0.25, 0.3) is 0 Å². The molecular formula is C36H40Cl2N4O5. The van der Waals surface area contributed by atoms with E-state index in [1.807, 2.05) is 66.7 Å². The SMILES string of the molecule is CC(=O)NCCCCCC(=O)NCc1cccc(-c2ccc([C@@H]3O[C@H](Cn4cnc(Cl)c4Cl)C[C@H](c4ccc(CO)cc4)O3)cc2)c1. The van der Waals surface area contributed by atoms with Gasteiger partial charge in [0.1, 0.15) is 5.15 Å². The van der Waals surface area contributed by atoms with Gasteiger partial charge in [0.15, 0.2) is 11.4 Å². The van der Waals surface area contributed by atoms with E-state index in [1.54, 1.807) is 10.9 Å². The first-order chi connectivity index (χ1) is 22.8. The lowest BCUT2D eigenvalue weighted by atomic mass is 9.99. The predicted molar refractivity (Wildman–Crippen MR) is 182 cm³/mol. The van der Waals surface area contributed by atoms with E-state index in [0.717, 1.165) is 52.6 Å². The van der Waals surface area contributed by atoms with Crippen molar-refractivity contribution in [2.75, 3.05) is 6.54 Å². The molecule has 9 nitrogen and oxygen atoms in total. The number of halogens is 2. The van der Waals surface area contributed by atoms with Crippen molar-refractivity contribution in [3.63, 3.8) is 0 Å². The Morgan fingerprint density at radius 3 is 2.38 bits per heavy atom. The van der Waals surface area contributed by atoms with Gasteiger partial charge >= 0.3 is 0 Å². The van der Waals surface area contributed by atoms with Crippen LogP contribution < -0.4 is 10.6 Å². The summed E-state index contributed by atoms with van der Waals surface area (Å²) in [6.07, 6.45) is 4.13. The molecule has 1 fully saturated rings. The van der Waals surface area contributed by atoms with E-state index in [4.69, 9.17) is 32.7 Å². The lowest BCUT2D eigenvalue weighted by Crippen LogP contribution is -2.32. The molecule has 0 aliphatic carbocycles. The van der Waals surface area contributed by atoms with Crippen molar-refractivity contribution in [2.24, 2.45) is 0 Å². The Bertz CT molecular complexity index is 1630. The Balaban J connectivity index is 1.22. The van der Waals surface area contributed by atoms with Crippen LogP contribution in [0.2, 0.25) is 10.3 Å². The first kappa shape index (κ1) is 34.6. The highest BCUT2D eigenvalue weighted by molar-refractivity contribution is 6.40. The third-order valence-corrected chi connectivity index (χ3v) is 8.91. The summed E-state index contributed by atoms with van der Waals surface area (Å²) in [5.74, 6) is -0.0108. The van der Waals surface area contributed by atoms with E-state index in [0.29, 0.717) is 37.6 Å². The third-order valence-electron chi connectivity index (χ3n) is 8.14. The number of benzene rings is 3. The maximum absolute atomic E-state index is 12.4. The molecule has 11 heteroatoms. The molecule has 3 aromatic carbocycles. The molecule has 0 unspecified atom stereocenters. The number of aliphatic hydroxyl groups is 1. The van der Waals surface area contributed by atoms with Gasteiger partial charge in [0, 0.05) is 38.4 Å². The van der Waals surface area contributed by atoms with Crippen molar-refractivity contribution in [1.29, 1.82) is 0 Å². The first-order valence-electron chi connectivity index (χ1n) is 15.9. The molecular weight excluding hydrogens is 639 g/mol. The Labute approximate surface area is 285 Å². The maximum Gasteiger partial charge on any atom is 0.220 e. The van der Waals surface area contributed by atoms with Gasteiger partial charge in [0.05, 0.1) is 31.7 Å². The molecule has 47 heavy (non-hydrogen) atoms. The summed E-state index contributed by atoms with van der Waals surface area (Å²) < 4.78 is 14.7. The highest BCUT2D eigenvalue weighted by Gasteiger charge is 2.33. The highest BCUT2D eigenvalue weighted by Crippen LogP contribution is 2.39. The topological polar surface area (TPSA) is 115 Å². The molecule has 1 aliphatic rings. The summed E-state index contributed by atoms with van der Waals surface area (Å²) >= 11 is 12.5. The van der Waals surface area contributed by atoms with Crippen LogP contribution in [0.1, 0.15) is 73.7 Å². The quantitative estimate of drug-likeness (QED) is 0.125. The number of nitrogens with one attached hydrogen (secondary N) is 2. The second-order valence-electron chi connectivity index (χ2n) is 11.7. The van der Waals surface area contributed by atoms with Crippen molar-refractivity contribution in [3.8, 4) is 11.1 Å². The fraction of sp³-hybridized carbons (Fsp3) is 0.361. The summed E-state index contributed by atoms with van der Waals surface area (Å²) in [6.45, 7) is 3.04. The van der Waals surface area contributed by atoms with Crippen LogP contribution in [0.3, 0.4) is 0 Å². The number of amides is 2. The lowest BCUT2D eigenvalue weighted by molar-refractivity contribution is -0.252. The van der Waals surface area contributed by atoms with Crippen LogP contribution in [-0.2, 0) is 38.8 Å². The van der Waals surface area contributed by atoms with Crippen LogP contribution in [-0.4, -0.2) is 39.1 Å². The van der Waals surface area contributed by atoms with Crippen molar-refractivity contribution in [3.05, 3.63) is 112 Å². The van der Waals surface area contributed by atoms with Crippen LogP contribution in [0.15, 0.2) is 79.1 Å². The molecule has 4 aromatic rings. The Morgan fingerprint density at radius 2 is 1.68 bits per heavy atom. The van der Waals surface area contributed by atoms with E-state index >= 15 is 0 Å². The number of hydrogen-bond donors (Lipinski definition) is 3. The molecule has 0 bridgehead atoms. The van der Waals surface area contributed by atoms with Crippen LogP contribution >= 0.6 is 23.2 Å². The number of aliphatic hydroxyl groups excluding tert-OH is 1. The second kappa shape index (κ2) is 16.9. The fourth-order valence-electron chi connectivity index (χ4n) is 5.56. The van der Waals surface area contributed by atoms with Crippen molar-refractivity contribution in [2.45, 2.75) is 77.2 Å². The Hall–Kier alpha value is -3.73. The molecule has 248 valence electrons. The van der Waals surface area contributed by atoms with Crippen molar-refractivity contribution >= 4 is 35.0 Å². The van der Waals surface area contributed by atoms with E-state index in [-0.39, 0.29) is 35.8 Å². The van der Waals surface area contributed by atoms with Crippen molar-refractivity contribution in [1.82, 2.24) is 20.2 Å². The zero-order valence-electron chi connectivity index (χ0n) is 26.3. The number of unbranched alkanes of at least 4 members (excludes halogenated alkanes) is 2. The average molecular weight is 680 g/mol. The minimum Gasteiger partial charge on any atom is -0.392 e. The predicted octanol–water partition coefficient (Wildman–Crippen LogP) is 6.91. The van der Waals surface area contributed by atoms with Gasteiger partial charge in [-0.25, -0.2) is 4.98 Å². The Morgan fingerprint density at radius 1 is 0.915 bits per heavy atom. The zero-order valence-corrected chi connectivity index (χ0v) is 27.8. The minimum atomic E-state index is -0.616. The second-order valence-corrected chi connectivity index (χ2v) is 12.4. The van der Waals surface area contributed by atoms with E-state index < -0.39 is 6.29 Å². The normalized spacial score (nSPS) is 17.7. The third kappa shape index (κ3) is 9.89. The molecule has 2 heterocycles. The lowest BCUT2D eigenvalue weighted by Gasteiger charge is -2.36. The summed E-state index contributed by atoms with van der Waals surface area (Å²) in [6, 6.07) is 24.0. The zero-order chi connectivity index (χ0) is 33.2. The van der Waals surface area contributed by atoms with E-state index in [1.165, 1.54) is 6.92 Å². The number of ether oxygens (including phenoxy) is 2. The standard InChI is InChI=1S/C36H40Cl2N4O5/c1-24(44)39-17-4-2-3-8-33(45)40-20-26-6-5-7-30(18-26)27-13-15-29(16-14-27)36-46-31(21-42-23-41-34(37)35(42)38)19-32(47-36)28-11-9-25(22-43)10-12-28/h5-7,9-16,18,23,31-32,36,43H,2-4,8,17,19-22H2,1H3,(H,39,44)(H,40,45)/t31-,32+,36+/m0/s1. The molecule has 3 atom stereocenters. The smallest absolute Gasteiger partial charge is 0.220 e. The number of carbonyl (C=O) groups is 2. The minimum absolute atomic E-state index is 0.0196. The van der Waals surface area contributed by atoms with Gasteiger partial charge in [-0.3, -0.25) is 9.59 Å². The highest BCUT2D eigenvalue weighted by atomic mass is 35.5. The van der Waals surface area contributed by atoms with Gasteiger partial charge in [-0.2, -0.15) is 0 Å². The molecule has 0 saturated carbocycles. The van der Waals surface area contributed by atoms with Gasteiger partial charge in [0.2, 0.25) is 11.8 Å². The van der Waals surface area contributed by atoms with Crippen LogP contribution in [0.4, 0.5) is 0 Å². The molecule has 0 spiro atoms. The van der Waals surface area contributed by atoms with Crippen molar-refractivity contribution < 1.29 is 24.2 Å². The van der Waals surface area contributed by atoms with Crippen LogP contribution in [0.25, 0.3) is 11.1 Å². The average Bonchev–Trinajstić information content (AvgIpc) is 3.41. The molecule has 1 aliphatic heterocycles. The summed E-state index contributed by atoms with van der Waals surface area (Å²) in [7, 11) is 0. The van der Waals surface area contributed by atoms with Gasteiger partial charge < -0.3 is 29.8 Å². The number of hydrogen-bond acceptors (Lipinski definition) is 6. The van der Waals surface area contributed by atoms with Crippen LogP contribution in [0, 0.1) is 0 Å². The van der Waals surface area contributed by atoms with Gasteiger partial charge in [-0.1, -0.05) is 96.4 Å². The van der Waals surface area contributed by atoms with Crippen LogP contribution in [0.5, 0.6) is 0 Å². The monoisotopic (exact) mass is 678 g/mol. The summed E-state index contributed by atoms with van der Waals surface area (Å²) in [5, 5.41) is 15.9.